The third-order valence-corrected chi connectivity index (χ3v) is 4.99. The van der Waals surface area contributed by atoms with Crippen molar-refractivity contribution in [3.8, 4) is 39.8 Å². The minimum absolute atomic E-state index is 0.476. The molecule has 0 aliphatic rings. The summed E-state index contributed by atoms with van der Waals surface area (Å²) in [6, 6.07) is 9.11. The topological polar surface area (TPSA) is 116 Å². The van der Waals surface area contributed by atoms with Crippen LogP contribution in [0.15, 0.2) is 48.2 Å². The zero-order chi connectivity index (χ0) is 20.2. The Balaban J connectivity index is 1.71. The Morgan fingerprint density at radius 2 is 2.03 bits per heavy atom. The molecule has 2 N–H and O–H groups in total. The van der Waals surface area contributed by atoms with Gasteiger partial charge in [0.2, 0.25) is 5.88 Å². The molecular formula is C20H17N7OS. The fourth-order valence-corrected chi connectivity index (χ4v) is 3.36. The largest absolute Gasteiger partial charge is 0.438 e. The first-order valence-electron chi connectivity index (χ1n) is 8.85. The lowest BCUT2D eigenvalue weighted by Crippen LogP contribution is -2.04. The predicted octanol–water partition coefficient (Wildman–Crippen LogP) is 3.17. The van der Waals surface area contributed by atoms with Gasteiger partial charge in [0, 0.05) is 37.1 Å². The molecule has 1 aromatic carbocycles. The van der Waals surface area contributed by atoms with Crippen molar-refractivity contribution >= 4 is 11.3 Å². The molecule has 0 aliphatic heterocycles. The number of nitrogens with zero attached hydrogens (tertiary/aromatic N) is 6. The molecule has 0 saturated heterocycles. The maximum absolute atomic E-state index is 9.30. The summed E-state index contributed by atoms with van der Waals surface area (Å²) >= 11 is 1.50. The van der Waals surface area contributed by atoms with E-state index in [1.54, 1.807) is 48.5 Å². The summed E-state index contributed by atoms with van der Waals surface area (Å²) < 4.78 is 7.75. The van der Waals surface area contributed by atoms with Gasteiger partial charge in [-0.25, -0.2) is 19.6 Å². The van der Waals surface area contributed by atoms with Crippen molar-refractivity contribution in [3.63, 3.8) is 0 Å². The number of benzene rings is 1. The molecule has 0 bridgehead atoms. The van der Waals surface area contributed by atoms with Gasteiger partial charge in [-0.3, -0.25) is 0 Å². The molecule has 8 nitrogen and oxygen atoms in total. The van der Waals surface area contributed by atoms with Crippen LogP contribution in [0.3, 0.4) is 0 Å². The molecule has 29 heavy (non-hydrogen) atoms. The van der Waals surface area contributed by atoms with Gasteiger partial charge in [-0.2, -0.15) is 10.4 Å². The summed E-state index contributed by atoms with van der Waals surface area (Å²) in [6.45, 7) is 0.538. The fourth-order valence-electron chi connectivity index (χ4n) is 2.76. The average molecular weight is 403 g/mol. The maximum Gasteiger partial charge on any atom is 0.218 e. The van der Waals surface area contributed by atoms with E-state index in [9.17, 15) is 5.26 Å². The van der Waals surface area contributed by atoms with Crippen LogP contribution in [0.2, 0.25) is 0 Å². The first kappa shape index (κ1) is 18.7. The number of aryl methyl sites for hydroxylation is 1. The Kier molecular flexibility index (Phi) is 5.29. The highest BCUT2D eigenvalue weighted by molar-refractivity contribution is 7.13. The summed E-state index contributed by atoms with van der Waals surface area (Å²) in [4.78, 5) is 13.1. The van der Waals surface area contributed by atoms with E-state index < -0.39 is 0 Å². The summed E-state index contributed by atoms with van der Waals surface area (Å²) in [5.41, 5.74) is 8.43. The first-order chi connectivity index (χ1) is 14.2. The molecule has 4 rings (SSSR count). The van der Waals surface area contributed by atoms with Crippen molar-refractivity contribution < 1.29 is 4.74 Å². The molecule has 144 valence electrons. The van der Waals surface area contributed by atoms with Gasteiger partial charge in [-0.05, 0) is 36.7 Å². The first-order valence-corrected chi connectivity index (χ1v) is 9.73. The molecule has 0 fully saturated rings. The zero-order valence-corrected chi connectivity index (χ0v) is 16.4. The second-order valence-electron chi connectivity index (χ2n) is 6.21. The lowest BCUT2D eigenvalue weighted by Gasteiger charge is -2.11. The molecule has 0 saturated carbocycles. The Hall–Kier alpha value is -3.61. The van der Waals surface area contributed by atoms with Gasteiger partial charge < -0.3 is 10.5 Å². The van der Waals surface area contributed by atoms with E-state index in [1.165, 1.54) is 11.3 Å². The van der Waals surface area contributed by atoms with Crippen molar-refractivity contribution in [1.29, 1.82) is 5.26 Å². The van der Waals surface area contributed by atoms with Gasteiger partial charge >= 0.3 is 0 Å². The number of ether oxygens (including phenoxy) is 1. The standard InChI is InChI=1S/C20H17N7OS/c1-27-18(9-16(26-27)20-23-6-7-29-20)28-17-8-13(10-22)2-3-15(17)19-24-11-14(4-5-21)12-25-19/h2-3,6-9,11-12H,4-5,21H2,1H3. The molecule has 0 amide bonds. The van der Waals surface area contributed by atoms with E-state index in [1.807, 2.05) is 11.4 Å². The van der Waals surface area contributed by atoms with Gasteiger partial charge in [-0.15, -0.1) is 11.3 Å². The van der Waals surface area contributed by atoms with Crippen LogP contribution in [0, 0.1) is 11.3 Å². The lowest BCUT2D eigenvalue weighted by molar-refractivity contribution is 0.432. The maximum atomic E-state index is 9.30. The van der Waals surface area contributed by atoms with E-state index >= 15 is 0 Å². The summed E-state index contributed by atoms with van der Waals surface area (Å²) in [5, 5.41) is 16.5. The highest BCUT2D eigenvalue weighted by atomic mass is 32.1. The Labute approximate surface area is 171 Å². The highest BCUT2D eigenvalue weighted by Gasteiger charge is 2.16. The zero-order valence-electron chi connectivity index (χ0n) is 15.6. The molecule has 0 spiro atoms. The van der Waals surface area contributed by atoms with E-state index in [4.69, 9.17) is 10.5 Å². The second kappa shape index (κ2) is 8.18. The summed E-state index contributed by atoms with van der Waals surface area (Å²) in [5.74, 6) is 1.50. The van der Waals surface area contributed by atoms with Gasteiger partial charge in [0.1, 0.15) is 16.5 Å². The number of hydrogen-bond acceptors (Lipinski definition) is 8. The van der Waals surface area contributed by atoms with E-state index in [-0.39, 0.29) is 0 Å². The smallest absolute Gasteiger partial charge is 0.218 e. The van der Waals surface area contributed by atoms with Crippen LogP contribution in [0.5, 0.6) is 11.6 Å². The van der Waals surface area contributed by atoms with Crippen LogP contribution in [-0.4, -0.2) is 31.3 Å². The second-order valence-corrected chi connectivity index (χ2v) is 7.10. The number of rotatable bonds is 6. The van der Waals surface area contributed by atoms with Crippen molar-refractivity contribution in [1.82, 2.24) is 24.7 Å². The molecule has 3 aromatic heterocycles. The van der Waals surface area contributed by atoms with Crippen LogP contribution in [-0.2, 0) is 13.5 Å². The molecule has 4 aromatic rings. The number of hydrogen-bond donors (Lipinski definition) is 1. The van der Waals surface area contributed by atoms with Crippen LogP contribution in [0.4, 0.5) is 0 Å². The van der Waals surface area contributed by atoms with Gasteiger partial charge in [-0.1, -0.05) is 0 Å². The van der Waals surface area contributed by atoms with E-state index in [0.717, 1.165) is 16.3 Å². The Morgan fingerprint density at radius 3 is 2.72 bits per heavy atom. The van der Waals surface area contributed by atoms with Gasteiger partial charge in [0.05, 0.1) is 17.2 Å². The summed E-state index contributed by atoms with van der Waals surface area (Å²) in [7, 11) is 1.79. The molecule has 0 aliphatic carbocycles. The quantitative estimate of drug-likeness (QED) is 0.526. The Bertz CT molecular complexity index is 1160. The fraction of sp³-hybridized carbons (Fsp3) is 0.150. The Morgan fingerprint density at radius 1 is 1.21 bits per heavy atom. The third-order valence-electron chi connectivity index (χ3n) is 4.19. The molecule has 3 heterocycles. The monoisotopic (exact) mass is 403 g/mol. The highest BCUT2D eigenvalue weighted by Crippen LogP contribution is 2.34. The van der Waals surface area contributed by atoms with Crippen LogP contribution < -0.4 is 10.5 Å². The van der Waals surface area contributed by atoms with Crippen molar-refractivity contribution in [3.05, 3.63) is 59.4 Å². The molecule has 0 atom stereocenters. The van der Waals surface area contributed by atoms with Gasteiger partial charge in [0.25, 0.3) is 0 Å². The lowest BCUT2D eigenvalue weighted by atomic mass is 10.1. The molecular weight excluding hydrogens is 386 g/mol. The number of thiazole rings is 1. The van der Waals surface area contributed by atoms with Crippen LogP contribution in [0.1, 0.15) is 11.1 Å². The molecule has 9 heteroatoms. The number of nitriles is 1. The normalized spacial score (nSPS) is 10.7. The minimum atomic E-state index is 0.476. The SMILES string of the molecule is Cn1nc(-c2nccs2)cc1Oc1cc(C#N)ccc1-c1ncc(CCN)cn1. The average Bonchev–Trinajstić information content (AvgIpc) is 3.39. The number of aromatic nitrogens is 5. The van der Waals surface area contributed by atoms with Crippen molar-refractivity contribution in [2.45, 2.75) is 6.42 Å². The minimum Gasteiger partial charge on any atom is -0.438 e. The van der Waals surface area contributed by atoms with E-state index in [2.05, 4.69) is 26.1 Å². The van der Waals surface area contributed by atoms with Crippen molar-refractivity contribution in [2.75, 3.05) is 6.54 Å². The van der Waals surface area contributed by atoms with E-state index in [0.29, 0.717) is 41.5 Å². The number of nitrogens with two attached hydrogens (primary N) is 1. The van der Waals surface area contributed by atoms with Crippen LogP contribution >= 0.6 is 11.3 Å². The van der Waals surface area contributed by atoms with Crippen molar-refractivity contribution in [2.24, 2.45) is 12.8 Å². The molecule has 0 radical (unpaired) electrons. The molecule has 0 unspecified atom stereocenters. The predicted molar refractivity (Wildman–Crippen MR) is 109 cm³/mol. The third kappa shape index (κ3) is 3.99. The van der Waals surface area contributed by atoms with Gasteiger partial charge in [0.15, 0.2) is 5.82 Å². The van der Waals surface area contributed by atoms with Crippen LogP contribution in [0.25, 0.3) is 22.1 Å². The summed E-state index contributed by atoms with van der Waals surface area (Å²) in [6.07, 6.45) is 5.95.